The lowest BCUT2D eigenvalue weighted by atomic mass is 10.2. The number of hydrogen-bond donors (Lipinski definition) is 1. The fourth-order valence-electron chi connectivity index (χ4n) is 1.08. The van der Waals surface area contributed by atoms with E-state index in [2.05, 4.69) is 35.0 Å². The number of rotatable bonds is 1. The second-order valence-electron chi connectivity index (χ2n) is 2.38. The molecule has 2 heterocycles. The molecule has 0 bridgehead atoms. The van der Waals surface area contributed by atoms with Crippen LogP contribution in [0.1, 0.15) is 4.88 Å². The minimum absolute atomic E-state index is 0.948. The van der Waals surface area contributed by atoms with Crippen molar-refractivity contribution in [1.82, 2.24) is 5.32 Å². The molecule has 2 heteroatoms. The van der Waals surface area contributed by atoms with Gasteiger partial charge >= 0.3 is 0 Å². The van der Waals surface area contributed by atoms with Crippen LogP contribution in [0.3, 0.4) is 0 Å². The number of dihydropyridines is 1. The molecule has 1 aromatic heterocycles. The molecule has 11 heavy (non-hydrogen) atoms. The summed E-state index contributed by atoms with van der Waals surface area (Å²) >= 11 is 1.78. The molecule has 2 rings (SSSR count). The Hall–Kier alpha value is -1.02. The summed E-state index contributed by atoms with van der Waals surface area (Å²) in [4.78, 5) is 1.35. The Bertz CT molecular complexity index is 283. The van der Waals surface area contributed by atoms with Gasteiger partial charge in [0.2, 0.25) is 0 Å². The molecule has 1 aliphatic rings. The molecule has 1 aliphatic heterocycles. The lowest BCUT2D eigenvalue weighted by molar-refractivity contribution is 0.976. The van der Waals surface area contributed by atoms with Gasteiger partial charge in [-0.3, -0.25) is 0 Å². The first-order chi connectivity index (χ1) is 5.47. The first kappa shape index (κ1) is 6.68. The van der Waals surface area contributed by atoms with E-state index in [9.17, 15) is 0 Å². The van der Waals surface area contributed by atoms with Crippen molar-refractivity contribution in [2.24, 2.45) is 0 Å². The van der Waals surface area contributed by atoms with Gasteiger partial charge in [0.15, 0.2) is 0 Å². The lowest BCUT2D eigenvalue weighted by Gasteiger charge is -2.05. The summed E-state index contributed by atoms with van der Waals surface area (Å²) in [5, 5.41) is 5.23. The predicted molar refractivity (Wildman–Crippen MR) is 49.4 cm³/mol. The normalized spacial score (nSPS) is 15.8. The third kappa shape index (κ3) is 1.35. The van der Waals surface area contributed by atoms with Crippen LogP contribution in [0.5, 0.6) is 0 Å². The number of thiophene rings is 1. The number of hydrogen-bond acceptors (Lipinski definition) is 2. The zero-order valence-corrected chi connectivity index (χ0v) is 6.90. The van der Waals surface area contributed by atoms with Crippen LogP contribution in [-0.2, 0) is 0 Å². The summed E-state index contributed by atoms with van der Waals surface area (Å²) < 4.78 is 0. The number of nitrogens with one attached hydrogen (secondary N) is 1. The van der Waals surface area contributed by atoms with Gasteiger partial charge in [-0.25, -0.2) is 0 Å². The standard InChI is InChI=1S/C9H9NS/c1-2-9(11-7-1)8-3-5-10-6-4-8/h1-5,7,10H,6H2. The lowest BCUT2D eigenvalue weighted by Crippen LogP contribution is -2.07. The van der Waals surface area contributed by atoms with Crippen molar-refractivity contribution in [3.05, 3.63) is 40.7 Å². The fourth-order valence-corrected chi connectivity index (χ4v) is 1.83. The van der Waals surface area contributed by atoms with Crippen LogP contribution in [0, 0.1) is 0 Å². The average molecular weight is 163 g/mol. The number of allylic oxidation sites excluding steroid dienone is 2. The Morgan fingerprint density at radius 2 is 2.45 bits per heavy atom. The Balaban J connectivity index is 2.29. The molecule has 56 valence electrons. The van der Waals surface area contributed by atoms with E-state index in [4.69, 9.17) is 0 Å². The zero-order valence-electron chi connectivity index (χ0n) is 6.08. The van der Waals surface area contributed by atoms with E-state index in [0.717, 1.165) is 6.54 Å². The van der Waals surface area contributed by atoms with E-state index in [0.29, 0.717) is 0 Å². The summed E-state index contributed by atoms with van der Waals surface area (Å²) in [6, 6.07) is 4.23. The summed E-state index contributed by atoms with van der Waals surface area (Å²) in [7, 11) is 0. The fraction of sp³-hybridized carbons (Fsp3) is 0.111. The molecular weight excluding hydrogens is 154 g/mol. The molecule has 0 aromatic carbocycles. The Morgan fingerprint density at radius 1 is 1.45 bits per heavy atom. The summed E-state index contributed by atoms with van der Waals surface area (Å²) in [5.41, 5.74) is 1.33. The molecule has 0 spiro atoms. The van der Waals surface area contributed by atoms with Crippen molar-refractivity contribution in [3.8, 4) is 0 Å². The molecule has 0 amide bonds. The molecule has 1 aromatic rings. The Morgan fingerprint density at radius 3 is 3.09 bits per heavy atom. The highest BCUT2D eigenvalue weighted by Gasteiger charge is 1.99. The van der Waals surface area contributed by atoms with Crippen LogP contribution in [0.15, 0.2) is 35.9 Å². The molecule has 0 saturated heterocycles. The van der Waals surface area contributed by atoms with Crippen molar-refractivity contribution in [2.75, 3.05) is 6.54 Å². The highest BCUT2D eigenvalue weighted by molar-refractivity contribution is 7.11. The van der Waals surface area contributed by atoms with Crippen LogP contribution in [0.25, 0.3) is 5.57 Å². The van der Waals surface area contributed by atoms with Crippen molar-refractivity contribution in [3.63, 3.8) is 0 Å². The molecule has 0 aliphatic carbocycles. The minimum Gasteiger partial charge on any atom is -0.387 e. The largest absolute Gasteiger partial charge is 0.387 e. The van der Waals surface area contributed by atoms with Crippen molar-refractivity contribution in [1.29, 1.82) is 0 Å². The molecule has 0 fully saturated rings. The maximum atomic E-state index is 3.12. The molecule has 1 N–H and O–H groups in total. The summed E-state index contributed by atoms with van der Waals surface area (Å²) in [6.45, 7) is 0.948. The van der Waals surface area contributed by atoms with Gasteiger partial charge in [-0.1, -0.05) is 12.1 Å². The molecule has 0 atom stereocenters. The van der Waals surface area contributed by atoms with E-state index in [1.54, 1.807) is 11.3 Å². The van der Waals surface area contributed by atoms with Crippen molar-refractivity contribution < 1.29 is 0 Å². The highest BCUT2D eigenvalue weighted by Crippen LogP contribution is 2.21. The van der Waals surface area contributed by atoms with Gasteiger partial charge in [-0.15, -0.1) is 11.3 Å². The summed E-state index contributed by atoms with van der Waals surface area (Å²) in [5.74, 6) is 0. The maximum absolute atomic E-state index is 3.12. The molecule has 0 saturated carbocycles. The predicted octanol–water partition coefficient (Wildman–Crippen LogP) is 2.25. The van der Waals surface area contributed by atoms with E-state index in [-0.39, 0.29) is 0 Å². The smallest absolute Gasteiger partial charge is 0.0340 e. The van der Waals surface area contributed by atoms with Gasteiger partial charge in [-0.05, 0) is 29.3 Å². The first-order valence-electron chi connectivity index (χ1n) is 3.61. The SMILES string of the molecule is C1=CC(c2cccs2)=CCN1. The van der Waals surface area contributed by atoms with E-state index >= 15 is 0 Å². The molecule has 0 radical (unpaired) electrons. The van der Waals surface area contributed by atoms with Crippen LogP contribution in [-0.4, -0.2) is 6.54 Å². The van der Waals surface area contributed by atoms with Crippen LogP contribution < -0.4 is 5.32 Å². The van der Waals surface area contributed by atoms with Gasteiger partial charge in [-0.2, -0.15) is 0 Å². The molecule has 1 nitrogen and oxygen atoms in total. The second kappa shape index (κ2) is 2.93. The van der Waals surface area contributed by atoms with Crippen LogP contribution in [0.4, 0.5) is 0 Å². The summed E-state index contributed by atoms with van der Waals surface area (Å²) in [6.07, 6.45) is 6.30. The van der Waals surface area contributed by atoms with Crippen molar-refractivity contribution in [2.45, 2.75) is 0 Å². The Kier molecular flexibility index (Phi) is 1.78. The van der Waals surface area contributed by atoms with Gasteiger partial charge in [0.05, 0.1) is 0 Å². The topological polar surface area (TPSA) is 12.0 Å². The quantitative estimate of drug-likeness (QED) is 0.669. The zero-order chi connectivity index (χ0) is 7.52. The van der Waals surface area contributed by atoms with Crippen LogP contribution >= 0.6 is 11.3 Å². The molecular formula is C9H9NS. The van der Waals surface area contributed by atoms with E-state index in [1.807, 2.05) is 6.20 Å². The van der Waals surface area contributed by atoms with Gasteiger partial charge in [0.1, 0.15) is 0 Å². The monoisotopic (exact) mass is 163 g/mol. The Labute approximate surface area is 70.1 Å². The maximum Gasteiger partial charge on any atom is 0.0340 e. The first-order valence-corrected chi connectivity index (χ1v) is 4.49. The van der Waals surface area contributed by atoms with E-state index in [1.165, 1.54) is 10.5 Å². The van der Waals surface area contributed by atoms with Crippen LogP contribution in [0.2, 0.25) is 0 Å². The van der Waals surface area contributed by atoms with Gasteiger partial charge in [0.25, 0.3) is 0 Å². The second-order valence-corrected chi connectivity index (χ2v) is 3.33. The highest BCUT2D eigenvalue weighted by atomic mass is 32.1. The third-order valence-electron chi connectivity index (χ3n) is 1.63. The third-order valence-corrected chi connectivity index (χ3v) is 2.55. The van der Waals surface area contributed by atoms with Crippen molar-refractivity contribution >= 4 is 16.9 Å². The average Bonchev–Trinajstić information content (AvgIpc) is 2.58. The van der Waals surface area contributed by atoms with E-state index < -0.39 is 0 Å². The molecule has 0 unspecified atom stereocenters. The minimum atomic E-state index is 0.948. The van der Waals surface area contributed by atoms with Gasteiger partial charge < -0.3 is 5.32 Å². The van der Waals surface area contributed by atoms with Gasteiger partial charge in [0, 0.05) is 11.4 Å².